The lowest BCUT2D eigenvalue weighted by Gasteiger charge is -2.09. The highest BCUT2D eigenvalue weighted by Crippen LogP contribution is 2.23. The molecule has 0 amide bonds. The molecule has 0 spiro atoms. The molecular formula is C11H12BrF2NO3. The average Bonchev–Trinajstić information content (AvgIpc) is 2.29. The number of carboxylic acids is 1. The number of carbonyl (C=O) groups is 1. The monoisotopic (exact) mass is 323 g/mol. The average molecular weight is 324 g/mol. The summed E-state index contributed by atoms with van der Waals surface area (Å²) < 4.78 is 28.8. The van der Waals surface area contributed by atoms with Crippen LogP contribution in [-0.2, 0) is 4.74 Å². The van der Waals surface area contributed by atoms with E-state index in [4.69, 9.17) is 9.84 Å². The molecule has 1 aromatic rings. The van der Waals surface area contributed by atoms with Crippen molar-refractivity contribution in [3.05, 3.63) is 28.2 Å². The van der Waals surface area contributed by atoms with Gasteiger partial charge in [0.2, 0.25) is 0 Å². The molecule has 2 N–H and O–H groups in total. The maximum Gasteiger partial charge on any atom is 0.335 e. The lowest BCUT2D eigenvalue weighted by molar-refractivity contribution is 0.0215. The predicted molar refractivity (Wildman–Crippen MR) is 66.4 cm³/mol. The number of halogens is 3. The molecule has 0 bridgehead atoms. The Kier molecular flexibility index (Phi) is 6.00. The first-order valence-corrected chi connectivity index (χ1v) is 5.92. The van der Waals surface area contributed by atoms with Crippen molar-refractivity contribution < 1.29 is 23.4 Å². The van der Waals surface area contributed by atoms with Gasteiger partial charge < -0.3 is 15.2 Å². The normalized spacial score (nSPS) is 10.7. The first kappa shape index (κ1) is 14.8. The second-order valence-electron chi connectivity index (χ2n) is 3.39. The number of rotatable bonds is 7. The van der Waals surface area contributed by atoms with Gasteiger partial charge in [-0.3, -0.25) is 0 Å². The zero-order valence-electron chi connectivity index (χ0n) is 9.33. The van der Waals surface area contributed by atoms with Crippen LogP contribution in [0, 0.1) is 0 Å². The van der Waals surface area contributed by atoms with Crippen LogP contribution in [0.2, 0.25) is 0 Å². The number of benzene rings is 1. The smallest absolute Gasteiger partial charge is 0.335 e. The maximum absolute atomic E-state index is 11.8. The first-order valence-electron chi connectivity index (χ1n) is 5.13. The number of carboxylic acid groups (broad SMARTS) is 1. The summed E-state index contributed by atoms with van der Waals surface area (Å²) in [7, 11) is 0. The lowest BCUT2D eigenvalue weighted by atomic mass is 10.2. The largest absolute Gasteiger partial charge is 0.478 e. The Labute approximate surface area is 111 Å². The zero-order chi connectivity index (χ0) is 13.5. The fraction of sp³-hybridized carbons (Fsp3) is 0.364. The summed E-state index contributed by atoms with van der Waals surface area (Å²) in [4.78, 5) is 10.7. The number of hydrogen-bond donors (Lipinski definition) is 2. The van der Waals surface area contributed by atoms with Gasteiger partial charge >= 0.3 is 5.97 Å². The third-order valence-corrected chi connectivity index (χ3v) is 2.68. The maximum atomic E-state index is 11.8. The second kappa shape index (κ2) is 7.27. The van der Waals surface area contributed by atoms with Crippen LogP contribution in [0.4, 0.5) is 14.5 Å². The number of alkyl halides is 2. The van der Waals surface area contributed by atoms with E-state index < -0.39 is 19.0 Å². The van der Waals surface area contributed by atoms with Crippen LogP contribution in [-0.4, -0.2) is 37.3 Å². The number of anilines is 1. The summed E-state index contributed by atoms with van der Waals surface area (Å²) in [6, 6.07) is 4.51. The summed E-state index contributed by atoms with van der Waals surface area (Å²) >= 11 is 3.22. The van der Waals surface area contributed by atoms with Gasteiger partial charge in [0.15, 0.2) is 0 Å². The van der Waals surface area contributed by atoms with Crippen molar-refractivity contribution in [2.45, 2.75) is 6.43 Å². The van der Waals surface area contributed by atoms with Gasteiger partial charge in [-0.25, -0.2) is 13.6 Å². The van der Waals surface area contributed by atoms with E-state index in [9.17, 15) is 13.6 Å². The van der Waals surface area contributed by atoms with Crippen molar-refractivity contribution in [2.75, 3.05) is 25.1 Å². The van der Waals surface area contributed by atoms with Crippen LogP contribution in [0.3, 0.4) is 0 Å². The molecule has 18 heavy (non-hydrogen) atoms. The van der Waals surface area contributed by atoms with E-state index in [2.05, 4.69) is 21.2 Å². The van der Waals surface area contributed by atoms with Gasteiger partial charge in [-0.05, 0) is 34.1 Å². The Morgan fingerprint density at radius 3 is 2.78 bits per heavy atom. The first-order chi connectivity index (χ1) is 8.50. The number of ether oxygens (including phenoxy) is 1. The molecule has 0 aromatic heterocycles. The van der Waals surface area contributed by atoms with E-state index >= 15 is 0 Å². The van der Waals surface area contributed by atoms with Gasteiger partial charge in [0.1, 0.15) is 6.61 Å². The quantitative estimate of drug-likeness (QED) is 0.757. The van der Waals surface area contributed by atoms with Crippen LogP contribution in [0.25, 0.3) is 0 Å². The van der Waals surface area contributed by atoms with Crippen LogP contribution in [0.15, 0.2) is 22.7 Å². The Morgan fingerprint density at radius 1 is 1.50 bits per heavy atom. The van der Waals surface area contributed by atoms with Crippen LogP contribution in [0.1, 0.15) is 10.4 Å². The van der Waals surface area contributed by atoms with E-state index in [0.29, 0.717) is 16.7 Å². The second-order valence-corrected chi connectivity index (χ2v) is 4.25. The molecule has 0 atom stereocenters. The highest BCUT2D eigenvalue weighted by atomic mass is 79.9. The van der Waals surface area contributed by atoms with Crippen molar-refractivity contribution in [3.8, 4) is 0 Å². The lowest BCUT2D eigenvalue weighted by Crippen LogP contribution is -2.13. The summed E-state index contributed by atoms with van der Waals surface area (Å²) in [5.74, 6) is -1.01. The Morgan fingerprint density at radius 2 is 2.22 bits per heavy atom. The predicted octanol–water partition coefficient (Wildman–Crippen LogP) is 2.84. The molecule has 0 saturated heterocycles. The van der Waals surface area contributed by atoms with Crippen molar-refractivity contribution in [3.63, 3.8) is 0 Å². The highest BCUT2D eigenvalue weighted by molar-refractivity contribution is 9.10. The third-order valence-electron chi connectivity index (χ3n) is 2.02. The zero-order valence-corrected chi connectivity index (χ0v) is 10.9. The summed E-state index contributed by atoms with van der Waals surface area (Å²) in [6.07, 6.45) is -2.47. The molecule has 0 saturated carbocycles. The molecule has 4 nitrogen and oxygen atoms in total. The molecule has 1 rings (SSSR count). The molecule has 1 aromatic carbocycles. The number of nitrogens with one attached hydrogen (secondary N) is 1. The molecule has 0 fully saturated rings. The van der Waals surface area contributed by atoms with E-state index in [1.807, 2.05) is 0 Å². The molecule has 0 aliphatic rings. The van der Waals surface area contributed by atoms with Crippen molar-refractivity contribution >= 4 is 27.6 Å². The van der Waals surface area contributed by atoms with Gasteiger partial charge in [0.05, 0.1) is 12.2 Å². The summed E-state index contributed by atoms with van der Waals surface area (Å²) in [5, 5.41) is 11.7. The van der Waals surface area contributed by atoms with Crippen molar-refractivity contribution in [1.29, 1.82) is 0 Å². The Balaban J connectivity index is 2.41. The minimum absolute atomic E-state index is 0.150. The SMILES string of the molecule is O=C(O)c1ccc(NCCOCC(F)F)c(Br)c1. The van der Waals surface area contributed by atoms with E-state index in [1.54, 1.807) is 6.07 Å². The third kappa shape index (κ3) is 4.97. The van der Waals surface area contributed by atoms with Crippen molar-refractivity contribution in [1.82, 2.24) is 0 Å². The summed E-state index contributed by atoms with van der Waals surface area (Å²) in [5.41, 5.74) is 0.849. The Bertz CT molecular complexity index is 415. The molecule has 7 heteroatoms. The minimum Gasteiger partial charge on any atom is -0.478 e. The fourth-order valence-electron chi connectivity index (χ4n) is 1.22. The van der Waals surface area contributed by atoms with Crippen LogP contribution < -0.4 is 5.32 Å². The number of hydrogen-bond acceptors (Lipinski definition) is 3. The summed E-state index contributed by atoms with van der Waals surface area (Å²) in [6.45, 7) is -0.0734. The van der Waals surface area contributed by atoms with E-state index in [-0.39, 0.29) is 12.2 Å². The van der Waals surface area contributed by atoms with E-state index in [1.165, 1.54) is 12.1 Å². The minimum atomic E-state index is -2.47. The van der Waals surface area contributed by atoms with E-state index in [0.717, 1.165) is 0 Å². The van der Waals surface area contributed by atoms with Gasteiger partial charge in [0.25, 0.3) is 6.43 Å². The van der Waals surface area contributed by atoms with Gasteiger partial charge in [-0.1, -0.05) is 0 Å². The van der Waals surface area contributed by atoms with Crippen LogP contribution >= 0.6 is 15.9 Å². The fourth-order valence-corrected chi connectivity index (χ4v) is 1.74. The topological polar surface area (TPSA) is 58.6 Å². The standard InChI is InChI=1S/C11H12BrF2NO3/c12-8-5-7(11(16)17)1-2-9(8)15-3-4-18-6-10(13)14/h1-2,5,10,15H,3-4,6H2,(H,16,17). The Hall–Kier alpha value is -1.21. The van der Waals surface area contributed by atoms with Crippen molar-refractivity contribution in [2.24, 2.45) is 0 Å². The molecule has 100 valence electrons. The molecule has 0 radical (unpaired) electrons. The van der Waals surface area contributed by atoms with Crippen LogP contribution in [0.5, 0.6) is 0 Å². The van der Waals surface area contributed by atoms with Gasteiger partial charge in [-0.15, -0.1) is 0 Å². The van der Waals surface area contributed by atoms with Gasteiger partial charge in [-0.2, -0.15) is 0 Å². The highest BCUT2D eigenvalue weighted by Gasteiger charge is 2.06. The van der Waals surface area contributed by atoms with Gasteiger partial charge in [0, 0.05) is 16.7 Å². The molecule has 0 aliphatic carbocycles. The molecular weight excluding hydrogens is 312 g/mol. The molecule has 0 unspecified atom stereocenters. The number of aromatic carboxylic acids is 1. The molecule has 0 aliphatic heterocycles. The molecule has 0 heterocycles.